The van der Waals surface area contributed by atoms with Crippen molar-refractivity contribution in [3.8, 4) is 0 Å². The molecule has 0 aliphatic heterocycles. The van der Waals surface area contributed by atoms with E-state index >= 15 is 0 Å². The summed E-state index contributed by atoms with van der Waals surface area (Å²) in [5.74, 6) is 5.17. The third-order valence-electron chi connectivity index (χ3n) is 3.05. The van der Waals surface area contributed by atoms with Crippen molar-refractivity contribution in [1.82, 2.24) is 15.2 Å². The molecule has 1 unspecified atom stereocenters. The molecular weight excluding hydrogens is 267 g/mol. The van der Waals surface area contributed by atoms with Crippen molar-refractivity contribution in [3.63, 3.8) is 0 Å². The highest BCUT2D eigenvalue weighted by Gasteiger charge is 2.17. The van der Waals surface area contributed by atoms with Crippen LogP contribution in [0.4, 0.5) is 4.39 Å². The average Bonchev–Trinajstić information content (AvgIpc) is 2.70. The van der Waals surface area contributed by atoms with Gasteiger partial charge in [0.2, 0.25) is 0 Å². The van der Waals surface area contributed by atoms with Crippen LogP contribution in [0.25, 0.3) is 0 Å². The molecule has 0 saturated carbocycles. The molecule has 1 aromatic heterocycles. The highest BCUT2D eigenvalue weighted by atomic mass is 35.5. The third-order valence-corrected chi connectivity index (χ3v) is 3.48. The van der Waals surface area contributed by atoms with Gasteiger partial charge in [-0.1, -0.05) is 23.7 Å². The van der Waals surface area contributed by atoms with Crippen molar-refractivity contribution in [2.45, 2.75) is 19.4 Å². The van der Waals surface area contributed by atoms with Gasteiger partial charge in [0, 0.05) is 7.05 Å². The van der Waals surface area contributed by atoms with Crippen LogP contribution in [-0.4, -0.2) is 9.78 Å². The molecule has 0 saturated heterocycles. The van der Waals surface area contributed by atoms with Gasteiger partial charge in [-0.25, -0.2) is 4.39 Å². The van der Waals surface area contributed by atoms with Gasteiger partial charge in [-0.3, -0.25) is 16.0 Å². The van der Waals surface area contributed by atoms with E-state index in [1.54, 1.807) is 16.8 Å². The van der Waals surface area contributed by atoms with Crippen LogP contribution >= 0.6 is 11.6 Å². The highest BCUT2D eigenvalue weighted by Crippen LogP contribution is 2.25. The maximum atomic E-state index is 13.4. The fraction of sp³-hybridized carbons (Fsp3) is 0.308. The second kappa shape index (κ2) is 5.69. The molecule has 1 aromatic carbocycles. The van der Waals surface area contributed by atoms with Crippen molar-refractivity contribution >= 4 is 11.6 Å². The van der Waals surface area contributed by atoms with Crippen LogP contribution in [-0.2, 0) is 13.5 Å². The Hall–Kier alpha value is -1.43. The summed E-state index contributed by atoms with van der Waals surface area (Å²) in [5.41, 5.74) is 5.27. The van der Waals surface area contributed by atoms with Gasteiger partial charge in [-0.15, -0.1) is 0 Å². The molecule has 2 aromatic rings. The molecule has 0 amide bonds. The molecule has 0 fully saturated rings. The number of halogens is 2. The molecule has 4 nitrogen and oxygen atoms in total. The maximum absolute atomic E-state index is 13.4. The van der Waals surface area contributed by atoms with Gasteiger partial charge in [-0.05, 0) is 31.0 Å². The van der Waals surface area contributed by atoms with Crippen LogP contribution in [0.3, 0.4) is 0 Å². The smallest absolute Gasteiger partial charge is 0.142 e. The molecule has 0 aliphatic rings. The molecule has 0 spiro atoms. The van der Waals surface area contributed by atoms with Crippen LogP contribution in [0.5, 0.6) is 0 Å². The molecule has 6 heteroatoms. The summed E-state index contributed by atoms with van der Waals surface area (Å²) in [6.07, 6.45) is 0.492. The lowest BCUT2D eigenvalue weighted by atomic mass is 10.0. The largest absolute Gasteiger partial charge is 0.271 e. The third kappa shape index (κ3) is 2.94. The minimum atomic E-state index is -0.420. The molecular formula is C13H16ClFN4. The maximum Gasteiger partial charge on any atom is 0.142 e. The minimum absolute atomic E-state index is 0.140. The summed E-state index contributed by atoms with van der Waals surface area (Å²) in [7, 11) is 1.85. The first-order chi connectivity index (χ1) is 9.02. The van der Waals surface area contributed by atoms with Gasteiger partial charge in [-0.2, -0.15) is 5.10 Å². The van der Waals surface area contributed by atoms with E-state index in [-0.39, 0.29) is 11.1 Å². The van der Waals surface area contributed by atoms with Crippen LogP contribution in [0, 0.1) is 12.7 Å². The standard InChI is InChI=1S/C13H16ClFN4/c1-8-6-12(19(2)18-8)11(17-16)7-9-4-3-5-10(15)13(9)14/h3-6,11,17H,7,16H2,1-2H3. The summed E-state index contributed by atoms with van der Waals surface area (Å²) in [5, 5.41) is 4.42. The summed E-state index contributed by atoms with van der Waals surface area (Å²) in [6, 6.07) is 6.53. The predicted molar refractivity (Wildman–Crippen MR) is 73.1 cm³/mol. The summed E-state index contributed by atoms with van der Waals surface area (Å²) >= 11 is 5.96. The lowest BCUT2D eigenvalue weighted by Gasteiger charge is -2.17. The summed E-state index contributed by atoms with van der Waals surface area (Å²) in [4.78, 5) is 0. The second-order valence-corrected chi connectivity index (χ2v) is 4.85. The van der Waals surface area contributed by atoms with Gasteiger partial charge in [0.25, 0.3) is 0 Å². The van der Waals surface area contributed by atoms with Gasteiger partial charge >= 0.3 is 0 Å². The van der Waals surface area contributed by atoms with Crippen molar-refractivity contribution < 1.29 is 4.39 Å². The predicted octanol–water partition coefficient (Wildman–Crippen LogP) is 2.27. The minimum Gasteiger partial charge on any atom is -0.271 e. The molecule has 0 radical (unpaired) electrons. The quantitative estimate of drug-likeness (QED) is 0.668. The van der Waals surface area contributed by atoms with E-state index in [4.69, 9.17) is 17.4 Å². The van der Waals surface area contributed by atoms with E-state index < -0.39 is 5.82 Å². The number of aryl methyl sites for hydroxylation is 2. The van der Waals surface area contributed by atoms with E-state index in [9.17, 15) is 4.39 Å². The van der Waals surface area contributed by atoms with Crippen LogP contribution in [0.15, 0.2) is 24.3 Å². The number of rotatable bonds is 4. The number of nitrogens with zero attached hydrogens (tertiary/aromatic N) is 2. The molecule has 1 heterocycles. The lowest BCUT2D eigenvalue weighted by Crippen LogP contribution is -2.31. The second-order valence-electron chi connectivity index (χ2n) is 4.47. The first-order valence-corrected chi connectivity index (χ1v) is 6.30. The van der Waals surface area contributed by atoms with Crippen molar-refractivity contribution in [1.29, 1.82) is 0 Å². The Labute approximate surface area is 116 Å². The molecule has 3 N–H and O–H groups in total. The Kier molecular flexibility index (Phi) is 4.19. The number of hydrogen-bond acceptors (Lipinski definition) is 3. The number of nitrogens with one attached hydrogen (secondary N) is 1. The van der Waals surface area contributed by atoms with Crippen LogP contribution in [0.1, 0.15) is 23.0 Å². The van der Waals surface area contributed by atoms with Crippen LogP contribution < -0.4 is 11.3 Å². The van der Waals surface area contributed by atoms with Gasteiger partial charge in [0.1, 0.15) is 5.82 Å². The summed E-state index contributed by atoms with van der Waals surface area (Å²) < 4.78 is 15.2. The Morgan fingerprint density at radius 1 is 1.53 bits per heavy atom. The van der Waals surface area contributed by atoms with E-state index in [1.165, 1.54) is 6.07 Å². The Bertz CT molecular complexity index is 582. The molecule has 102 valence electrons. The SMILES string of the molecule is Cc1cc(C(Cc2cccc(F)c2Cl)NN)n(C)n1. The van der Waals surface area contributed by atoms with Gasteiger partial charge in [0.05, 0.1) is 22.5 Å². The zero-order valence-electron chi connectivity index (χ0n) is 10.8. The van der Waals surface area contributed by atoms with Crippen molar-refractivity contribution in [2.75, 3.05) is 0 Å². The summed E-state index contributed by atoms with van der Waals surface area (Å²) in [6.45, 7) is 1.91. The van der Waals surface area contributed by atoms with Crippen LogP contribution in [0.2, 0.25) is 5.02 Å². The number of benzene rings is 1. The molecule has 19 heavy (non-hydrogen) atoms. The first-order valence-electron chi connectivity index (χ1n) is 5.92. The normalized spacial score (nSPS) is 12.7. The molecule has 2 rings (SSSR count). The number of aromatic nitrogens is 2. The van der Waals surface area contributed by atoms with E-state index in [0.29, 0.717) is 12.0 Å². The first kappa shape index (κ1) is 14.0. The topological polar surface area (TPSA) is 55.9 Å². The van der Waals surface area contributed by atoms with Crippen molar-refractivity contribution in [2.24, 2.45) is 12.9 Å². The molecule has 0 aliphatic carbocycles. The average molecular weight is 283 g/mol. The number of hydrogen-bond donors (Lipinski definition) is 2. The monoisotopic (exact) mass is 282 g/mol. The fourth-order valence-electron chi connectivity index (χ4n) is 2.13. The molecule has 1 atom stereocenters. The highest BCUT2D eigenvalue weighted by molar-refractivity contribution is 6.31. The lowest BCUT2D eigenvalue weighted by molar-refractivity contribution is 0.507. The molecule has 0 bridgehead atoms. The number of hydrazine groups is 1. The zero-order chi connectivity index (χ0) is 14.0. The Morgan fingerprint density at radius 2 is 2.26 bits per heavy atom. The van der Waals surface area contributed by atoms with E-state index in [0.717, 1.165) is 11.4 Å². The zero-order valence-corrected chi connectivity index (χ0v) is 11.6. The van der Waals surface area contributed by atoms with Gasteiger partial charge < -0.3 is 0 Å². The Balaban J connectivity index is 2.29. The number of nitrogens with two attached hydrogens (primary N) is 1. The van der Waals surface area contributed by atoms with E-state index in [2.05, 4.69) is 10.5 Å². The van der Waals surface area contributed by atoms with Gasteiger partial charge in [0.15, 0.2) is 0 Å². The van der Waals surface area contributed by atoms with E-state index in [1.807, 2.05) is 20.0 Å². The fourth-order valence-corrected chi connectivity index (χ4v) is 2.33. The van der Waals surface area contributed by atoms with Crippen molar-refractivity contribution in [3.05, 3.63) is 52.1 Å². The Morgan fingerprint density at radius 3 is 2.84 bits per heavy atom.